The maximum Gasteiger partial charge on any atom is 0.251 e. The fourth-order valence-corrected chi connectivity index (χ4v) is 3.29. The average molecular weight is 351 g/mol. The molecule has 1 saturated carbocycles. The molecule has 0 saturated heterocycles. The number of carbonyl (C=O) groups excluding carboxylic acids is 2. The van der Waals surface area contributed by atoms with Gasteiger partial charge in [0.1, 0.15) is 0 Å². The van der Waals surface area contributed by atoms with Crippen LogP contribution >= 0.6 is 0 Å². The highest BCUT2D eigenvalue weighted by molar-refractivity contribution is 5.94. The predicted molar refractivity (Wildman–Crippen MR) is 104 cm³/mol. The van der Waals surface area contributed by atoms with E-state index in [4.69, 9.17) is 5.73 Å². The lowest BCUT2D eigenvalue weighted by Crippen LogP contribution is -2.25. The molecule has 0 radical (unpaired) electrons. The molecule has 0 atom stereocenters. The first-order chi connectivity index (χ1) is 12.6. The third-order valence-electron chi connectivity index (χ3n) is 4.80. The topological polar surface area (TPSA) is 84.2 Å². The third-order valence-corrected chi connectivity index (χ3v) is 4.80. The second-order valence-corrected chi connectivity index (χ2v) is 6.83. The predicted octanol–water partition coefficient (Wildman–Crippen LogP) is 3.72. The summed E-state index contributed by atoms with van der Waals surface area (Å²) in [5.74, 6) is 0.0760. The number of nitrogens with one attached hydrogen (secondary N) is 2. The largest absolute Gasteiger partial charge is 0.399 e. The SMILES string of the molecule is Nc1ccc(C(=O)NCc2cccc(NC(=O)C3CCCCC3)c2)cc1. The van der Waals surface area contributed by atoms with Crippen LogP contribution in [0.2, 0.25) is 0 Å². The molecule has 0 aliphatic heterocycles. The van der Waals surface area contributed by atoms with Gasteiger partial charge in [-0.1, -0.05) is 31.4 Å². The molecule has 3 rings (SSSR count). The van der Waals surface area contributed by atoms with E-state index in [2.05, 4.69) is 10.6 Å². The number of nitrogens with two attached hydrogens (primary N) is 1. The highest BCUT2D eigenvalue weighted by Gasteiger charge is 2.21. The fourth-order valence-electron chi connectivity index (χ4n) is 3.29. The van der Waals surface area contributed by atoms with E-state index in [0.717, 1.165) is 36.9 Å². The van der Waals surface area contributed by atoms with Gasteiger partial charge in [-0.05, 0) is 54.8 Å². The maximum atomic E-state index is 12.4. The number of rotatable bonds is 5. The molecular formula is C21H25N3O2. The highest BCUT2D eigenvalue weighted by Crippen LogP contribution is 2.25. The van der Waals surface area contributed by atoms with E-state index in [1.165, 1.54) is 6.42 Å². The second kappa shape index (κ2) is 8.52. The Morgan fingerprint density at radius 2 is 1.73 bits per heavy atom. The molecule has 0 heterocycles. The van der Waals surface area contributed by atoms with Crippen LogP contribution in [-0.2, 0) is 11.3 Å². The highest BCUT2D eigenvalue weighted by atomic mass is 16.2. The van der Waals surface area contributed by atoms with E-state index >= 15 is 0 Å². The van der Waals surface area contributed by atoms with Crippen molar-refractivity contribution >= 4 is 23.2 Å². The van der Waals surface area contributed by atoms with Crippen molar-refractivity contribution in [3.05, 3.63) is 59.7 Å². The van der Waals surface area contributed by atoms with Gasteiger partial charge < -0.3 is 16.4 Å². The zero-order chi connectivity index (χ0) is 18.4. The van der Waals surface area contributed by atoms with E-state index in [1.54, 1.807) is 24.3 Å². The Morgan fingerprint density at radius 1 is 1.00 bits per heavy atom. The number of hydrogen-bond donors (Lipinski definition) is 3. The maximum absolute atomic E-state index is 12.4. The monoisotopic (exact) mass is 351 g/mol. The van der Waals surface area contributed by atoms with Gasteiger partial charge in [0.05, 0.1) is 0 Å². The lowest BCUT2D eigenvalue weighted by Gasteiger charge is -2.20. The van der Waals surface area contributed by atoms with Gasteiger partial charge in [-0.25, -0.2) is 0 Å². The standard InChI is InChI=1S/C21H25N3O2/c22-18-11-9-17(10-12-18)20(25)23-14-15-5-4-8-19(13-15)24-21(26)16-6-2-1-3-7-16/h4-5,8-13,16H,1-3,6-7,14,22H2,(H,23,25)(H,24,26). The van der Waals surface area contributed by atoms with Crippen molar-refractivity contribution in [3.63, 3.8) is 0 Å². The van der Waals surface area contributed by atoms with Crippen molar-refractivity contribution in [2.24, 2.45) is 5.92 Å². The van der Waals surface area contributed by atoms with Crippen LogP contribution in [0.15, 0.2) is 48.5 Å². The molecule has 5 nitrogen and oxygen atoms in total. The van der Waals surface area contributed by atoms with Crippen molar-refractivity contribution in [3.8, 4) is 0 Å². The zero-order valence-electron chi connectivity index (χ0n) is 14.8. The molecule has 0 unspecified atom stereocenters. The van der Waals surface area contributed by atoms with Crippen LogP contribution in [0, 0.1) is 5.92 Å². The van der Waals surface area contributed by atoms with Gasteiger partial charge >= 0.3 is 0 Å². The van der Waals surface area contributed by atoms with Crippen LogP contribution in [0.5, 0.6) is 0 Å². The van der Waals surface area contributed by atoms with Crippen LogP contribution < -0.4 is 16.4 Å². The lowest BCUT2D eigenvalue weighted by molar-refractivity contribution is -0.120. The van der Waals surface area contributed by atoms with Crippen LogP contribution in [0.25, 0.3) is 0 Å². The average Bonchev–Trinajstić information content (AvgIpc) is 2.67. The van der Waals surface area contributed by atoms with E-state index in [1.807, 2.05) is 24.3 Å². The minimum Gasteiger partial charge on any atom is -0.399 e. The van der Waals surface area contributed by atoms with E-state index in [9.17, 15) is 9.59 Å². The van der Waals surface area contributed by atoms with E-state index in [-0.39, 0.29) is 17.7 Å². The van der Waals surface area contributed by atoms with Crippen LogP contribution in [0.4, 0.5) is 11.4 Å². The summed E-state index contributed by atoms with van der Waals surface area (Å²) < 4.78 is 0. The Hall–Kier alpha value is -2.82. The van der Waals surface area contributed by atoms with E-state index in [0.29, 0.717) is 17.8 Å². The number of nitrogen functional groups attached to an aromatic ring is 1. The van der Waals surface area contributed by atoms with Gasteiger partial charge in [0.15, 0.2) is 0 Å². The Labute approximate surface area is 154 Å². The van der Waals surface area contributed by atoms with E-state index < -0.39 is 0 Å². The Balaban J connectivity index is 1.56. The third kappa shape index (κ3) is 4.85. The number of carbonyl (C=O) groups is 2. The van der Waals surface area contributed by atoms with Crippen molar-refractivity contribution in [2.45, 2.75) is 38.6 Å². The van der Waals surface area contributed by atoms with Gasteiger partial charge in [0, 0.05) is 29.4 Å². The number of amides is 2. The molecule has 0 bridgehead atoms. The number of hydrogen-bond acceptors (Lipinski definition) is 3. The molecule has 2 amide bonds. The summed E-state index contributed by atoms with van der Waals surface area (Å²) >= 11 is 0. The molecule has 1 aliphatic carbocycles. The molecule has 2 aromatic rings. The van der Waals surface area contributed by atoms with Crippen LogP contribution in [0.1, 0.15) is 48.0 Å². The molecule has 4 N–H and O–H groups in total. The quantitative estimate of drug-likeness (QED) is 0.718. The second-order valence-electron chi connectivity index (χ2n) is 6.83. The first-order valence-corrected chi connectivity index (χ1v) is 9.15. The number of anilines is 2. The Kier molecular flexibility index (Phi) is 5.89. The van der Waals surface area contributed by atoms with Crippen molar-refractivity contribution in [1.29, 1.82) is 0 Å². The smallest absolute Gasteiger partial charge is 0.251 e. The van der Waals surface area contributed by atoms with Gasteiger partial charge in [-0.3, -0.25) is 9.59 Å². The van der Waals surface area contributed by atoms with Gasteiger partial charge in [-0.2, -0.15) is 0 Å². The zero-order valence-corrected chi connectivity index (χ0v) is 14.8. The Morgan fingerprint density at radius 3 is 2.46 bits per heavy atom. The first kappa shape index (κ1) is 18.0. The lowest BCUT2D eigenvalue weighted by atomic mass is 9.88. The minimum absolute atomic E-state index is 0.104. The van der Waals surface area contributed by atoms with Crippen molar-refractivity contribution in [1.82, 2.24) is 5.32 Å². The normalized spacial score (nSPS) is 14.6. The molecule has 26 heavy (non-hydrogen) atoms. The van der Waals surface area contributed by atoms with Crippen molar-refractivity contribution in [2.75, 3.05) is 11.1 Å². The van der Waals surface area contributed by atoms with Gasteiger partial charge in [0.25, 0.3) is 5.91 Å². The molecule has 136 valence electrons. The molecule has 2 aromatic carbocycles. The number of benzene rings is 2. The fraction of sp³-hybridized carbons (Fsp3) is 0.333. The molecular weight excluding hydrogens is 326 g/mol. The summed E-state index contributed by atoms with van der Waals surface area (Å²) in [6.07, 6.45) is 5.45. The molecule has 0 spiro atoms. The van der Waals surface area contributed by atoms with Gasteiger partial charge in [0.2, 0.25) is 5.91 Å². The molecule has 1 fully saturated rings. The van der Waals surface area contributed by atoms with Crippen LogP contribution in [0.3, 0.4) is 0 Å². The molecule has 1 aliphatic rings. The minimum atomic E-state index is -0.151. The van der Waals surface area contributed by atoms with Crippen LogP contribution in [-0.4, -0.2) is 11.8 Å². The molecule has 5 heteroatoms. The summed E-state index contributed by atoms with van der Waals surface area (Å²) in [4.78, 5) is 24.5. The molecule has 0 aromatic heterocycles. The summed E-state index contributed by atoms with van der Waals surface area (Å²) in [6.45, 7) is 0.399. The summed E-state index contributed by atoms with van der Waals surface area (Å²) in [5, 5.41) is 5.90. The first-order valence-electron chi connectivity index (χ1n) is 9.15. The summed E-state index contributed by atoms with van der Waals surface area (Å²) in [6, 6.07) is 14.4. The summed E-state index contributed by atoms with van der Waals surface area (Å²) in [7, 11) is 0. The van der Waals surface area contributed by atoms with Gasteiger partial charge in [-0.15, -0.1) is 0 Å². The Bertz CT molecular complexity index is 765. The summed E-state index contributed by atoms with van der Waals surface area (Å²) in [5.41, 5.74) is 8.55. The van der Waals surface area contributed by atoms with Crippen molar-refractivity contribution < 1.29 is 9.59 Å².